The fourth-order valence-electron chi connectivity index (χ4n) is 2.50. The lowest BCUT2D eigenvalue weighted by molar-refractivity contribution is -0.140. The lowest BCUT2D eigenvalue weighted by Crippen LogP contribution is -2.42. The van der Waals surface area contributed by atoms with Crippen LogP contribution in [0.15, 0.2) is 24.3 Å². The molecule has 2 atom stereocenters. The van der Waals surface area contributed by atoms with E-state index in [1.54, 1.807) is 0 Å². The van der Waals surface area contributed by atoms with Crippen molar-refractivity contribution in [2.75, 3.05) is 0 Å². The lowest BCUT2D eigenvalue weighted by atomic mass is 10.0. The molecular weight excluding hydrogens is 214 g/mol. The van der Waals surface area contributed by atoms with Crippen LogP contribution in [-0.4, -0.2) is 17.1 Å². The highest BCUT2D eigenvalue weighted by Gasteiger charge is 2.28. The first-order valence-corrected chi connectivity index (χ1v) is 6.16. The first kappa shape index (κ1) is 12.1. The topological polar surface area (TPSA) is 49.3 Å². The minimum absolute atomic E-state index is 0.0975. The summed E-state index contributed by atoms with van der Waals surface area (Å²) in [7, 11) is 0. The highest BCUT2D eigenvalue weighted by molar-refractivity contribution is 5.73. The van der Waals surface area contributed by atoms with E-state index in [4.69, 9.17) is 0 Å². The molecule has 0 spiro atoms. The van der Waals surface area contributed by atoms with Crippen LogP contribution in [-0.2, 0) is 11.2 Å². The normalized spacial score (nSPS) is 20.3. The summed E-state index contributed by atoms with van der Waals surface area (Å²) in [6, 6.07) is 8.00. The summed E-state index contributed by atoms with van der Waals surface area (Å²) < 4.78 is 0. The molecule has 2 N–H and O–H groups in total. The quantitative estimate of drug-likeness (QED) is 0.839. The van der Waals surface area contributed by atoms with Gasteiger partial charge in [0.2, 0.25) is 0 Å². The van der Waals surface area contributed by atoms with Crippen molar-refractivity contribution < 1.29 is 9.90 Å². The summed E-state index contributed by atoms with van der Waals surface area (Å²) in [5.41, 5.74) is 2.61. The number of rotatable bonds is 4. The molecule has 3 heteroatoms. The molecule has 1 aliphatic carbocycles. The number of benzene rings is 1. The van der Waals surface area contributed by atoms with Gasteiger partial charge in [0.15, 0.2) is 0 Å². The van der Waals surface area contributed by atoms with Gasteiger partial charge in [-0.05, 0) is 29.9 Å². The number of carboxylic acid groups (broad SMARTS) is 1. The van der Waals surface area contributed by atoms with Crippen LogP contribution in [0.4, 0.5) is 0 Å². The van der Waals surface area contributed by atoms with Gasteiger partial charge in [-0.15, -0.1) is 0 Å². The van der Waals surface area contributed by atoms with Crippen molar-refractivity contribution >= 4 is 5.97 Å². The summed E-state index contributed by atoms with van der Waals surface area (Å²) in [5.74, 6) is -0.662. The van der Waals surface area contributed by atoms with E-state index in [1.807, 2.05) is 26.0 Å². The van der Waals surface area contributed by atoms with Crippen molar-refractivity contribution in [3.63, 3.8) is 0 Å². The third-order valence-corrected chi connectivity index (χ3v) is 3.45. The Labute approximate surface area is 102 Å². The zero-order valence-corrected chi connectivity index (χ0v) is 10.3. The highest BCUT2D eigenvalue weighted by atomic mass is 16.4. The predicted molar refractivity (Wildman–Crippen MR) is 66.9 cm³/mol. The van der Waals surface area contributed by atoms with E-state index in [1.165, 1.54) is 11.1 Å². The van der Waals surface area contributed by atoms with Crippen molar-refractivity contribution in [1.29, 1.82) is 0 Å². The molecule has 92 valence electrons. The van der Waals surface area contributed by atoms with Crippen LogP contribution in [0.1, 0.15) is 37.4 Å². The monoisotopic (exact) mass is 233 g/mol. The van der Waals surface area contributed by atoms with E-state index in [9.17, 15) is 9.90 Å². The van der Waals surface area contributed by atoms with Gasteiger partial charge in [-0.3, -0.25) is 10.1 Å². The standard InChI is InChI=1S/C14H19NO2/c1-9(2)13(14(16)17)15-12-8-7-10-5-3-4-6-11(10)12/h3-6,9,12-13,15H,7-8H2,1-2H3,(H,16,17). The number of hydrogen-bond acceptors (Lipinski definition) is 2. The summed E-state index contributed by atoms with van der Waals surface area (Å²) in [6.07, 6.45) is 2.04. The maximum Gasteiger partial charge on any atom is 0.320 e. The molecule has 1 aliphatic rings. The van der Waals surface area contributed by atoms with Crippen LogP contribution in [0.25, 0.3) is 0 Å². The Bertz CT molecular complexity index is 414. The van der Waals surface area contributed by atoms with Crippen molar-refractivity contribution in [2.24, 2.45) is 5.92 Å². The molecular formula is C14H19NO2. The SMILES string of the molecule is CC(C)C(NC1CCc2ccccc21)C(=O)O. The van der Waals surface area contributed by atoms with Gasteiger partial charge in [0.1, 0.15) is 6.04 Å². The van der Waals surface area contributed by atoms with E-state index in [2.05, 4.69) is 17.4 Å². The zero-order chi connectivity index (χ0) is 12.4. The molecule has 0 bridgehead atoms. The second-order valence-electron chi connectivity index (χ2n) is 5.02. The molecule has 0 radical (unpaired) electrons. The minimum Gasteiger partial charge on any atom is -0.480 e. The number of carboxylic acids is 1. The summed E-state index contributed by atoms with van der Waals surface area (Å²) in [5, 5.41) is 12.5. The molecule has 0 heterocycles. The van der Waals surface area contributed by atoms with Crippen molar-refractivity contribution in [3.05, 3.63) is 35.4 Å². The number of carbonyl (C=O) groups is 1. The van der Waals surface area contributed by atoms with Gasteiger partial charge in [-0.1, -0.05) is 38.1 Å². The second-order valence-corrected chi connectivity index (χ2v) is 5.02. The molecule has 0 saturated carbocycles. The van der Waals surface area contributed by atoms with E-state index in [0.29, 0.717) is 0 Å². The van der Waals surface area contributed by atoms with E-state index in [-0.39, 0.29) is 12.0 Å². The van der Waals surface area contributed by atoms with Crippen LogP contribution >= 0.6 is 0 Å². The Kier molecular flexibility index (Phi) is 3.48. The summed E-state index contributed by atoms with van der Waals surface area (Å²) in [4.78, 5) is 11.2. The Morgan fingerprint density at radius 3 is 2.76 bits per heavy atom. The van der Waals surface area contributed by atoms with Crippen LogP contribution < -0.4 is 5.32 Å². The lowest BCUT2D eigenvalue weighted by Gasteiger charge is -2.23. The van der Waals surface area contributed by atoms with Crippen molar-refractivity contribution in [3.8, 4) is 0 Å². The molecule has 0 saturated heterocycles. The Hall–Kier alpha value is -1.35. The molecule has 2 unspecified atom stereocenters. The van der Waals surface area contributed by atoms with Gasteiger partial charge >= 0.3 is 5.97 Å². The van der Waals surface area contributed by atoms with Gasteiger partial charge in [0.05, 0.1) is 0 Å². The van der Waals surface area contributed by atoms with Gasteiger partial charge < -0.3 is 5.11 Å². The van der Waals surface area contributed by atoms with Crippen LogP contribution in [0.2, 0.25) is 0 Å². The molecule has 1 aromatic rings. The summed E-state index contributed by atoms with van der Waals surface area (Å²) >= 11 is 0. The van der Waals surface area contributed by atoms with Crippen LogP contribution in [0.5, 0.6) is 0 Å². The fourth-order valence-corrected chi connectivity index (χ4v) is 2.50. The van der Waals surface area contributed by atoms with Gasteiger partial charge in [0, 0.05) is 6.04 Å². The van der Waals surface area contributed by atoms with Crippen molar-refractivity contribution in [1.82, 2.24) is 5.32 Å². The summed E-state index contributed by atoms with van der Waals surface area (Å²) in [6.45, 7) is 3.87. The predicted octanol–water partition coefficient (Wildman–Crippen LogP) is 2.37. The average molecular weight is 233 g/mol. The molecule has 3 nitrogen and oxygen atoms in total. The smallest absolute Gasteiger partial charge is 0.320 e. The number of hydrogen-bond donors (Lipinski definition) is 2. The van der Waals surface area contributed by atoms with Gasteiger partial charge in [-0.25, -0.2) is 0 Å². The maximum atomic E-state index is 11.2. The van der Waals surface area contributed by atoms with E-state index in [0.717, 1.165) is 12.8 Å². The van der Waals surface area contributed by atoms with E-state index >= 15 is 0 Å². The third kappa shape index (κ3) is 2.50. The fraction of sp³-hybridized carbons (Fsp3) is 0.500. The molecule has 2 rings (SSSR count). The molecule has 0 amide bonds. The van der Waals surface area contributed by atoms with Crippen molar-refractivity contribution in [2.45, 2.75) is 38.8 Å². The maximum absolute atomic E-state index is 11.2. The molecule has 0 fully saturated rings. The van der Waals surface area contributed by atoms with E-state index < -0.39 is 12.0 Å². The first-order chi connectivity index (χ1) is 8.09. The van der Waals surface area contributed by atoms with Crippen LogP contribution in [0.3, 0.4) is 0 Å². The first-order valence-electron chi connectivity index (χ1n) is 6.16. The van der Waals surface area contributed by atoms with Gasteiger partial charge in [0.25, 0.3) is 0 Å². The minimum atomic E-state index is -0.760. The largest absolute Gasteiger partial charge is 0.480 e. The second kappa shape index (κ2) is 4.88. The third-order valence-electron chi connectivity index (χ3n) is 3.45. The number of aliphatic carboxylic acids is 1. The molecule has 0 aliphatic heterocycles. The average Bonchev–Trinajstić information content (AvgIpc) is 2.68. The van der Waals surface area contributed by atoms with Crippen LogP contribution in [0, 0.1) is 5.92 Å². The molecule has 1 aromatic carbocycles. The zero-order valence-electron chi connectivity index (χ0n) is 10.3. The number of nitrogens with one attached hydrogen (secondary N) is 1. The number of aryl methyl sites for hydroxylation is 1. The Morgan fingerprint density at radius 2 is 2.12 bits per heavy atom. The Morgan fingerprint density at radius 1 is 1.41 bits per heavy atom. The molecule has 17 heavy (non-hydrogen) atoms. The number of fused-ring (bicyclic) bond motifs is 1. The molecule has 0 aromatic heterocycles. The van der Waals surface area contributed by atoms with Gasteiger partial charge in [-0.2, -0.15) is 0 Å². The Balaban J connectivity index is 2.13. The highest BCUT2D eigenvalue weighted by Crippen LogP contribution is 2.31.